The molecule has 0 radical (unpaired) electrons. The van der Waals surface area contributed by atoms with Crippen molar-refractivity contribution >= 4 is 17.8 Å². The molecule has 0 aromatic carbocycles. The number of carbonyl (C=O) groups is 1. The van der Waals surface area contributed by atoms with Crippen LogP contribution in [0.15, 0.2) is 0 Å². The molecule has 0 spiro atoms. The smallest absolute Gasteiger partial charge is 0.323 e. The predicted octanol–water partition coefficient (Wildman–Crippen LogP) is -0.116. The summed E-state index contributed by atoms with van der Waals surface area (Å²) in [6, 6.07) is -0.164. The van der Waals surface area contributed by atoms with E-state index >= 15 is 0 Å². The Morgan fingerprint density at radius 3 is 2.74 bits per heavy atom. The van der Waals surface area contributed by atoms with E-state index in [4.69, 9.17) is 10.5 Å². The average molecular weight is 266 g/mol. The highest BCUT2D eigenvalue weighted by Crippen LogP contribution is 2.16. The summed E-state index contributed by atoms with van der Waals surface area (Å²) in [6.07, 6.45) is 0.648. The van der Waals surface area contributed by atoms with Gasteiger partial charge in [0.2, 0.25) is 17.8 Å². The van der Waals surface area contributed by atoms with E-state index in [-0.39, 0.29) is 36.0 Å². The van der Waals surface area contributed by atoms with Gasteiger partial charge in [0.15, 0.2) is 0 Å². The van der Waals surface area contributed by atoms with E-state index < -0.39 is 0 Å². The zero-order valence-corrected chi connectivity index (χ0v) is 11.3. The summed E-state index contributed by atoms with van der Waals surface area (Å²) in [4.78, 5) is 25.4. The maximum Gasteiger partial charge on any atom is 0.323 e. The first-order valence-corrected chi connectivity index (χ1v) is 6.15. The van der Waals surface area contributed by atoms with Gasteiger partial charge >= 0.3 is 6.01 Å². The van der Waals surface area contributed by atoms with Crippen molar-refractivity contribution in [2.24, 2.45) is 0 Å². The van der Waals surface area contributed by atoms with Gasteiger partial charge in [-0.3, -0.25) is 4.79 Å². The Morgan fingerprint density at radius 2 is 2.16 bits per heavy atom. The number of aromatic nitrogens is 3. The highest BCUT2D eigenvalue weighted by Gasteiger charge is 2.29. The number of nitrogens with one attached hydrogen (secondary N) is 1. The van der Waals surface area contributed by atoms with Crippen molar-refractivity contribution in [1.29, 1.82) is 0 Å². The normalized spacial score (nSPS) is 19.1. The SMILES string of the molecule is CC(C)Oc1nc(N)nc(NC2CCN(C)C2=O)n1. The van der Waals surface area contributed by atoms with Gasteiger partial charge in [-0.1, -0.05) is 0 Å². The summed E-state index contributed by atoms with van der Waals surface area (Å²) in [7, 11) is 1.76. The van der Waals surface area contributed by atoms with Crippen LogP contribution in [0.2, 0.25) is 0 Å². The number of likely N-dealkylation sites (tertiary alicyclic amines) is 1. The fraction of sp³-hybridized carbons (Fsp3) is 0.636. The van der Waals surface area contributed by atoms with E-state index in [1.165, 1.54) is 0 Å². The van der Waals surface area contributed by atoms with E-state index in [9.17, 15) is 4.79 Å². The predicted molar refractivity (Wildman–Crippen MR) is 69.7 cm³/mol. The molecule has 1 aliphatic heterocycles. The lowest BCUT2D eigenvalue weighted by atomic mass is 10.2. The Morgan fingerprint density at radius 1 is 1.42 bits per heavy atom. The number of anilines is 2. The third kappa shape index (κ3) is 3.21. The Hall–Kier alpha value is -2.12. The van der Waals surface area contributed by atoms with Crippen molar-refractivity contribution < 1.29 is 9.53 Å². The highest BCUT2D eigenvalue weighted by molar-refractivity contribution is 5.86. The molecule has 1 amide bonds. The molecule has 19 heavy (non-hydrogen) atoms. The minimum Gasteiger partial charge on any atom is -0.461 e. The number of nitrogens with two attached hydrogens (primary N) is 1. The van der Waals surface area contributed by atoms with E-state index in [0.29, 0.717) is 13.0 Å². The maximum atomic E-state index is 11.8. The fourth-order valence-corrected chi connectivity index (χ4v) is 1.81. The molecule has 2 heterocycles. The van der Waals surface area contributed by atoms with Crippen LogP contribution >= 0.6 is 0 Å². The van der Waals surface area contributed by atoms with Gasteiger partial charge in [-0.15, -0.1) is 0 Å². The van der Waals surface area contributed by atoms with Gasteiger partial charge < -0.3 is 20.7 Å². The third-order valence-corrected chi connectivity index (χ3v) is 2.70. The van der Waals surface area contributed by atoms with E-state index in [1.54, 1.807) is 11.9 Å². The Labute approximate surface area is 111 Å². The van der Waals surface area contributed by atoms with Crippen LogP contribution in [-0.2, 0) is 4.79 Å². The van der Waals surface area contributed by atoms with E-state index in [1.807, 2.05) is 13.8 Å². The van der Waals surface area contributed by atoms with Crippen LogP contribution in [0, 0.1) is 0 Å². The number of amides is 1. The lowest BCUT2D eigenvalue weighted by Crippen LogP contribution is -2.31. The number of nitrogen functional groups attached to an aromatic ring is 1. The van der Waals surface area contributed by atoms with Crippen LogP contribution in [0.3, 0.4) is 0 Å². The molecule has 0 aliphatic carbocycles. The first-order valence-electron chi connectivity index (χ1n) is 6.15. The van der Waals surface area contributed by atoms with Gasteiger partial charge in [0, 0.05) is 13.6 Å². The molecule has 1 unspecified atom stereocenters. The highest BCUT2D eigenvalue weighted by atomic mass is 16.5. The number of carbonyl (C=O) groups excluding carboxylic acids is 1. The van der Waals surface area contributed by atoms with Gasteiger partial charge in [0.1, 0.15) is 6.04 Å². The summed E-state index contributed by atoms with van der Waals surface area (Å²) in [5, 5.41) is 2.96. The molecule has 104 valence electrons. The number of likely N-dealkylation sites (N-methyl/N-ethyl adjacent to an activating group) is 1. The van der Waals surface area contributed by atoms with Crippen LogP contribution in [0.5, 0.6) is 6.01 Å². The van der Waals surface area contributed by atoms with Crippen LogP contribution in [0.1, 0.15) is 20.3 Å². The number of hydrogen-bond acceptors (Lipinski definition) is 7. The topological polar surface area (TPSA) is 106 Å². The number of rotatable bonds is 4. The summed E-state index contributed by atoms with van der Waals surface area (Å²) < 4.78 is 5.37. The summed E-state index contributed by atoms with van der Waals surface area (Å²) >= 11 is 0. The molecule has 2 rings (SSSR count). The second kappa shape index (κ2) is 5.25. The van der Waals surface area contributed by atoms with Crippen LogP contribution in [0.4, 0.5) is 11.9 Å². The Kier molecular flexibility index (Phi) is 3.68. The van der Waals surface area contributed by atoms with Crippen molar-refractivity contribution in [3.63, 3.8) is 0 Å². The minimum absolute atomic E-state index is 0.0188. The molecule has 1 aromatic rings. The lowest BCUT2D eigenvalue weighted by molar-refractivity contribution is -0.127. The lowest BCUT2D eigenvalue weighted by Gasteiger charge is -2.13. The van der Waals surface area contributed by atoms with Gasteiger partial charge in [-0.2, -0.15) is 15.0 Å². The monoisotopic (exact) mass is 266 g/mol. The van der Waals surface area contributed by atoms with E-state index in [2.05, 4.69) is 20.3 Å². The molecule has 8 heteroatoms. The van der Waals surface area contributed by atoms with Crippen LogP contribution in [-0.4, -0.2) is 51.5 Å². The molecule has 3 N–H and O–H groups in total. The summed E-state index contributed by atoms with van der Waals surface area (Å²) in [5.74, 6) is 0.342. The molecule has 0 saturated carbocycles. The molecule has 8 nitrogen and oxygen atoms in total. The molecule has 1 fully saturated rings. The molecule has 1 aliphatic rings. The Balaban J connectivity index is 2.12. The molecule has 0 bridgehead atoms. The molecule has 1 aromatic heterocycles. The zero-order chi connectivity index (χ0) is 14.0. The van der Waals surface area contributed by atoms with Crippen LogP contribution in [0.25, 0.3) is 0 Å². The summed E-state index contributed by atoms with van der Waals surface area (Å²) in [5.41, 5.74) is 5.59. The quantitative estimate of drug-likeness (QED) is 0.782. The second-order valence-electron chi connectivity index (χ2n) is 4.71. The number of hydrogen-bond donors (Lipinski definition) is 2. The van der Waals surface area contributed by atoms with Gasteiger partial charge in [-0.25, -0.2) is 0 Å². The largest absolute Gasteiger partial charge is 0.461 e. The molecule has 1 saturated heterocycles. The number of ether oxygens (including phenoxy) is 1. The first-order chi connectivity index (χ1) is 8.95. The van der Waals surface area contributed by atoms with Crippen molar-refractivity contribution in [2.75, 3.05) is 24.6 Å². The van der Waals surface area contributed by atoms with Crippen molar-refractivity contribution in [3.05, 3.63) is 0 Å². The summed E-state index contributed by atoms with van der Waals surface area (Å²) in [6.45, 7) is 4.44. The average Bonchev–Trinajstić information content (AvgIpc) is 2.59. The fourth-order valence-electron chi connectivity index (χ4n) is 1.81. The standard InChI is InChI=1S/C11H18N6O2/c1-6(2)19-11-15-9(12)14-10(16-11)13-7-4-5-17(3)8(7)18/h6-7H,4-5H2,1-3H3,(H3,12,13,14,15,16). The van der Waals surface area contributed by atoms with Gasteiger partial charge in [-0.05, 0) is 20.3 Å². The van der Waals surface area contributed by atoms with Gasteiger partial charge in [0.25, 0.3) is 0 Å². The van der Waals surface area contributed by atoms with Crippen molar-refractivity contribution in [3.8, 4) is 6.01 Å². The first kappa shape index (κ1) is 13.3. The second-order valence-corrected chi connectivity index (χ2v) is 4.71. The molecular weight excluding hydrogens is 248 g/mol. The molecular formula is C11H18N6O2. The zero-order valence-electron chi connectivity index (χ0n) is 11.3. The van der Waals surface area contributed by atoms with Crippen molar-refractivity contribution in [1.82, 2.24) is 19.9 Å². The third-order valence-electron chi connectivity index (χ3n) is 2.70. The van der Waals surface area contributed by atoms with Crippen molar-refractivity contribution in [2.45, 2.75) is 32.4 Å². The Bertz CT molecular complexity index is 478. The number of nitrogens with zero attached hydrogens (tertiary/aromatic N) is 4. The van der Waals surface area contributed by atoms with E-state index in [0.717, 1.165) is 0 Å². The van der Waals surface area contributed by atoms with Crippen LogP contribution < -0.4 is 15.8 Å². The molecule has 1 atom stereocenters. The van der Waals surface area contributed by atoms with Gasteiger partial charge in [0.05, 0.1) is 6.10 Å². The maximum absolute atomic E-state index is 11.8. The minimum atomic E-state index is -0.321.